The fourth-order valence-corrected chi connectivity index (χ4v) is 1.57. The lowest BCUT2D eigenvalue weighted by atomic mass is 10.1. The third-order valence-electron chi connectivity index (χ3n) is 2.30. The molecule has 0 radical (unpaired) electrons. The molecule has 1 aliphatic rings. The van der Waals surface area contributed by atoms with Crippen LogP contribution in [0.25, 0.3) is 0 Å². The average molecular weight is 191 g/mol. The number of hydrogen-bond acceptors (Lipinski definition) is 3. The summed E-state index contributed by atoms with van der Waals surface area (Å²) in [5.41, 5.74) is 0.962. The Morgan fingerprint density at radius 1 is 1.36 bits per heavy atom. The van der Waals surface area contributed by atoms with E-state index in [1.54, 1.807) is 0 Å². The van der Waals surface area contributed by atoms with Crippen LogP contribution in [0.1, 0.15) is 18.5 Å². The van der Waals surface area contributed by atoms with Gasteiger partial charge in [0.2, 0.25) is 0 Å². The molecule has 2 rings (SSSR count). The highest BCUT2D eigenvalue weighted by atomic mass is 16.5. The minimum absolute atomic E-state index is 0.186. The highest BCUT2D eigenvalue weighted by molar-refractivity contribution is 5.78. The Morgan fingerprint density at radius 3 is 2.79 bits per heavy atom. The van der Waals surface area contributed by atoms with Crippen LogP contribution < -0.4 is 5.32 Å². The number of esters is 1. The van der Waals surface area contributed by atoms with Gasteiger partial charge in [0.25, 0.3) is 0 Å². The Bertz CT molecular complexity index is 323. The molecule has 0 aromatic heterocycles. The van der Waals surface area contributed by atoms with Crippen LogP contribution in [0.2, 0.25) is 0 Å². The summed E-state index contributed by atoms with van der Waals surface area (Å²) in [5.74, 6) is -0.186. The number of carbonyl (C=O) groups is 1. The molecule has 1 heterocycles. The van der Waals surface area contributed by atoms with Gasteiger partial charge in [-0.2, -0.15) is 0 Å². The van der Waals surface area contributed by atoms with E-state index in [0.717, 1.165) is 5.56 Å². The van der Waals surface area contributed by atoms with Crippen molar-refractivity contribution in [2.75, 3.05) is 6.61 Å². The second-order valence-corrected chi connectivity index (χ2v) is 3.54. The van der Waals surface area contributed by atoms with E-state index in [-0.39, 0.29) is 18.1 Å². The molecule has 0 amide bonds. The molecule has 3 nitrogen and oxygen atoms in total. The number of nitrogens with one attached hydrogen (secondary N) is 1. The number of benzene rings is 1. The van der Waals surface area contributed by atoms with Crippen molar-refractivity contribution in [2.45, 2.75) is 19.0 Å². The number of carbonyl (C=O) groups excluding carboxylic acids is 1. The minimum atomic E-state index is -0.306. The molecule has 1 saturated heterocycles. The Labute approximate surface area is 83.1 Å². The van der Waals surface area contributed by atoms with E-state index in [9.17, 15) is 4.79 Å². The summed E-state index contributed by atoms with van der Waals surface area (Å²) in [5, 5.41) is 3.21. The molecule has 0 unspecified atom stereocenters. The number of ether oxygens (including phenoxy) is 1. The number of hydrogen-bond donors (Lipinski definition) is 1. The third kappa shape index (κ3) is 1.77. The molecule has 0 aliphatic carbocycles. The summed E-state index contributed by atoms with van der Waals surface area (Å²) in [6, 6.07) is 9.54. The Balaban J connectivity index is 2.20. The molecule has 1 aliphatic heterocycles. The van der Waals surface area contributed by atoms with Crippen LogP contribution in [0.4, 0.5) is 0 Å². The van der Waals surface area contributed by atoms with E-state index in [1.807, 2.05) is 37.3 Å². The lowest BCUT2D eigenvalue weighted by Gasteiger charge is -2.27. The fraction of sp³-hybridized carbons (Fsp3) is 0.364. The van der Waals surface area contributed by atoms with Crippen LogP contribution in [0.15, 0.2) is 30.3 Å². The summed E-state index contributed by atoms with van der Waals surface area (Å²) < 4.78 is 5.06. The topological polar surface area (TPSA) is 38.3 Å². The standard InChI is InChI=1S/C11H13NO2/c1-8-7-14-11(13)10(12-8)9-5-3-2-4-6-9/h2-6,8,10,12H,7H2,1H3/t8-,10+/m0/s1. The first-order chi connectivity index (χ1) is 6.77. The summed E-state index contributed by atoms with van der Waals surface area (Å²) in [6.45, 7) is 2.46. The zero-order chi connectivity index (χ0) is 9.97. The van der Waals surface area contributed by atoms with E-state index in [0.29, 0.717) is 6.61 Å². The molecule has 0 bridgehead atoms. The summed E-state index contributed by atoms with van der Waals surface area (Å²) in [4.78, 5) is 11.5. The predicted molar refractivity (Wildman–Crippen MR) is 52.7 cm³/mol. The molecular weight excluding hydrogens is 178 g/mol. The largest absolute Gasteiger partial charge is 0.463 e. The zero-order valence-corrected chi connectivity index (χ0v) is 8.07. The van der Waals surface area contributed by atoms with Gasteiger partial charge in [-0.1, -0.05) is 30.3 Å². The van der Waals surface area contributed by atoms with Crippen molar-refractivity contribution in [1.29, 1.82) is 0 Å². The molecule has 0 saturated carbocycles. The van der Waals surface area contributed by atoms with Gasteiger partial charge in [-0.25, -0.2) is 4.79 Å². The van der Waals surface area contributed by atoms with Crippen molar-refractivity contribution in [2.24, 2.45) is 0 Å². The first kappa shape index (κ1) is 9.21. The van der Waals surface area contributed by atoms with Crippen LogP contribution in [-0.2, 0) is 9.53 Å². The highest BCUT2D eigenvalue weighted by Crippen LogP contribution is 2.18. The van der Waals surface area contributed by atoms with Gasteiger partial charge < -0.3 is 4.74 Å². The average Bonchev–Trinajstić information content (AvgIpc) is 2.23. The Hall–Kier alpha value is -1.35. The molecule has 74 valence electrons. The molecule has 1 aromatic carbocycles. The van der Waals surface area contributed by atoms with Crippen LogP contribution in [0.5, 0.6) is 0 Å². The second-order valence-electron chi connectivity index (χ2n) is 3.54. The molecule has 1 fully saturated rings. The fourth-order valence-electron chi connectivity index (χ4n) is 1.57. The first-order valence-corrected chi connectivity index (χ1v) is 4.75. The molecule has 2 atom stereocenters. The van der Waals surface area contributed by atoms with Gasteiger partial charge in [0.15, 0.2) is 0 Å². The van der Waals surface area contributed by atoms with Gasteiger partial charge in [-0.3, -0.25) is 5.32 Å². The maximum Gasteiger partial charge on any atom is 0.327 e. The van der Waals surface area contributed by atoms with Crippen molar-refractivity contribution in [3.8, 4) is 0 Å². The maximum absolute atomic E-state index is 11.5. The van der Waals surface area contributed by atoms with Gasteiger partial charge in [-0.05, 0) is 12.5 Å². The number of rotatable bonds is 1. The summed E-state index contributed by atoms with van der Waals surface area (Å²) in [6.07, 6.45) is 0. The van der Waals surface area contributed by atoms with Gasteiger partial charge in [0, 0.05) is 6.04 Å². The van der Waals surface area contributed by atoms with Crippen LogP contribution in [0, 0.1) is 0 Å². The lowest BCUT2D eigenvalue weighted by molar-refractivity contribution is -0.151. The van der Waals surface area contributed by atoms with E-state index < -0.39 is 0 Å². The normalized spacial score (nSPS) is 27.1. The molecule has 3 heteroatoms. The monoisotopic (exact) mass is 191 g/mol. The van der Waals surface area contributed by atoms with Gasteiger partial charge in [-0.15, -0.1) is 0 Å². The Kier molecular flexibility index (Phi) is 2.50. The van der Waals surface area contributed by atoms with E-state index in [1.165, 1.54) is 0 Å². The third-order valence-corrected chi connectivity index (χ3v) is 2.30. The molecule has 1 N–H and O–H groups in total. The van der Waals surface area contributed by atoms with Crippen LogP contribution in [0.3, 0.4) is 0 Å². The van der Waals surface area contributed by atoms with Gasteiger partial charge >= 0.3 is 5.97 Å². The lowest BCUT2D eigenvalue weighted by Crippen LogP contribution is -2.44. The molecular formula is C11H13NO2. The van der Waals surface area contributed by atoms with Crippen LogP contribution >= 0.6 is 0 Å². The van der Waals surface area contributed by atoms with Crippen molar-refractivity contribution in [3.05, 3.63) is 35.9 Å². The van der Waals surface area contributed by atoms with Crippen LogP contribution in [-0.4, -0.2) is 18.6 Å². The summed E-state index contributed by atoms with van der Waals surface area (Å²) in [7, 11) is 0. The highest BCUT2D eigenvalue weighted by Gasteiger charge is 2.28. The zero-order valence-electron chi connectivity index (χ0n) is 8.07. The van der Waals surface area contributed by atoms with E-state index in [2.05, 4.69) is 5.32 Å². The molecule has 1 aromatic rings. The smallest absolute Gasteiger partial charge is 0.327 e. The van der Waals surface area contributed by atoms with Gasteiger partial charge in [0.05, 0.1) is 0 Å². The van der Waals surface area contributed by atoms with Gasteiger partial charge in [0.1, 0.15) is 12.6 Å². The van der Waals surface area contributed by atoms with Crippen molar-refractivity contribution in [1.82, 2.24) is 5.32 Å². The van der Waals surface area contributed by atoms with Crippen molar-refractivity contribution >= 4 is 5.97 Å². The molecule has 14 heavy (non-hydrogen) atoms. The maximum atomic E-state index is 11.5. The van der Waals surface area contributed by atoms with E-state index in [4.69, 9.17) is 4.74 Å². The van der Waals surface area contributed by atoms with E-state index >= 15 is 0 Å². The SMILES string of the molecule is C[C@H]1COC(=O)[C@@H](c2ccccc2)N1. The minimum Gasteiger partial charge on any atom is -0.463 e. The first-order valence-electron chi connectivity index (χ1n) is 4.75. The molecule has 0 spiro atoms. The summed E-state index contributed by atoms with van der Waals surface area (Å²) >= 11 is 0. The number of cyclic esters (lactones) is 1. The van der Waals surface area contributed by atoms with Crippen molar-refractivity contribution < 1.29 is 9.53 Å². The number of morpholine rings is 1. The van der Waals surface area contributed by atoms with Crippen molar-refractivity contribution in [3.63, 3.8) is 0 Å². The quantitative estimate of drug-likeness (QED) is 0.679. The second kappa shape index (κ2) is 3.80. The Morgan fingerprint density at radius 2 is 2.07 bits per heavy atom. The predicted octanol–water partition coefficient (Wildman–Crippen LogP) is 1.26.